The minimum Gasteiger partial charge on any atom is -0.503 e. The largest absolute Gasteiger partial charge is 0.503 e. The molecule has 6 nitrogen and oxygen atoms in total. The minimum atomic E-state index is -0.731. The fourth-order valence-corrected chi connectivity index (χ4v) is 3.26. The van der Waals surface area contributed by atoms with E-state index in [2.05, 4.69) is 4.98 Å². The lowest BCUT2D eigenvalue weighted by Gasteiger charge is -2.28. The van der Waals surface area contributed by atoms with E-state index >= 15 is 0 Å². The normalized spacial score (nSPS) is 17.0. The summed E-state index contributed by atoms with van der Waals surface area (Å²) in [7, 11) is 1.53. The van der Waals surface area contributed by atoms with Gasteiger partial charge in [-0.3, -0.25) is 14.6 Å². The SMILES string of the molecule is COc1ccccc1C1C(C(=O)C(C)C)=C(O)C(=O)N1Cc1ccccn1. The first kappa shape index (κ1) is 18.6. The summed E-state index contributed by atoms with van der Waals surface area (Å²) in [5.74, 6) is -1.16. The molecular formula is C21H22N2O4. The quantitative estimate of drug-likeness (QED) is 0.849. The van der Waals surface area contributed by atoms with Gasteiger partial charge in [-0.1, -0.05) is 38.1 Å². The number of pyridine rings is 1. The van der Waals surface area contributed by atoms with Crippen molar-refractivity contribution < 1.29 is 19.4 Å². The molecule has 1 N–H and O–H groups in total. The van der Waals surface area contributed by atoms with Crippen LogP contribution in [0.5, 0.6) is 5.75 Å². The van der Waals surface area contributed by atoms with Crippen molar-refractivity contribution in [2.24, 2.45) is 5.92 Å². The number of ether oxygens (including phenoxy) is 1. The molecule has 3 rings (SSSR count). The summed E-state index contributed by atoms with van der Waals surface area (Å²) in [6.45, 7) is 3.66. The minimum absolute atomic E-state index is 0.107. The zero-order valence-corrected chi connectivity index (χ0v) is 15.5. The third-order valence-corrected chi connectivity index (χ3v) is 4.59. The molecule has 0 saturated heterocycles. The van der Waals surface area contributed by atoms with Crippen LogP contribution in [0.1, 0.15) is 31.1 Å². The molecule has 0 radical (unpaired) electrons. The van der Waals surface area contributed by atoms with E-state index in [0.29, 0.717) is 17.0 Å². The van der Waals surface area contributed by atoms with Crippen molar-refractivity contribution in [3.8, 4) is 5.75 Å². The van der Waals surface area contributed by atoms with Crippen molar-refractivity contribution in [1.29, 1.82) is 0 Å². The molecule has 1 unspecified atom stereocenters. The summed E-state index contributed by atoms with van der Waals surface area (Å²) in [4.78, 5) is 31.4. The van der Waals surface area contributed by atoms with Crippen LogP contribution in [-0.4, -0.2) is 33.8 Å². The Bertz CT molecular complexity index is 890. The predicted octanol–water partition coefficient (Wildman–Crippen LogP) is 3.21. The monoisotopic (exact) mass is 366 g/mol. The van der Waals surface area contributed by atoms with Crippen molar-refractivity contribution in [1.82, 2.24) is 9.88 Å². The first-order chi connectivity index (χ1) is 13.0. The highest BCUT2D eigenvalue weighted by Crippen LogP contribution is 2.42. The van der Waals surface area contributed by atoms with Gasteiger partial charge in [0.25, 0.3) is 5.91 Å². The number of methoxy groups -OCH3 is 1. The van der Waals surface area contributed by atoms with Gasteiger partial charge in [-0.05, 0) is 18.2 Å². The molecule has 1 aliphatic heterocycles. The van der Waals surface area contributed by atoms with Gasteiger partial charge in [-0.15, -0.1) is 0 Å². The summed E-state index contributed by atoms with van der Waals surface area (Å²) in [6, 6.07) is 11.9. The standard InChI is InChI=1S/C21H22N2O4/c1-13(2)19(24)17-18(15-9-4-5-10-16(15)27-3)23(21(26)20(17)25)12-14-8-6-7-11-22-14/h4-11,13,18,25H,12H2,1-3H3. The Labute approximate surface area is 158 Å². The van der Waals surface area contributed by atoms with Crippen LogP contribution in [0.2, 0.25) is 0 Å². The van der Waals surface area contributed by atoms with Crippen LogP contribution in [0, 0.1) is 5.92 Å². The van der Waals surface area contributed by atoms with Crippen LogP contribution in [0.25, 0.3) is 0 Å². The number of Topliss-reactive ketones (excluding diaryl/α,β-unsaturated/α-hetero) is 1. The maximum atomic E-state index is 12.8. The molecule has 2 heterocycles. The highest BCUT2D eigenvalue weighted by molar-refractivity contribution is 6.09. The molecule has 1 aliphatic rings. The number of para-hydroxylation sites is 1. The Morgan fingerprint density at radius 1 is 1.22 bits per heavy atom. The molecule has 0 spiro atoms. The molecule has 0 saturated carbocycles. The predicted molar refractivity (Wildman–Crippen MR) is 100 cm³/mol. The Morgan fingerprint density at radius 3 is 2.56 bits per heavy atom. The summed E-state index contributed by atoms with van der Waals surface area (Å²) < 4.78 is 5.45. The van der Waals surface area contributed by atoms with Crippen molar-refractivity contribution >= 4 is 11.7 Å². The molecule has 140 valence electrons. The summed E-state index contributed by atoms with van der Waals surface area (Å²) in [6.07, 6.45) is 1.64. The maximum Gasteiger partial charge on any atom is 0.290 e. The number of carbonyl (C=O) groups is 2. The first-order valence-corrected chi connectivity index (χ1v) is 8.76. The topological polar surface area (TPSA) is 79.7 Å². The number of nitrogens with zero attached hydrogens (tertiary/aromatic N) is 2. The van der Waals surface area contributed by atoms with Crippen molar-refractivity contribution in [3.63, 3.8) is 0 Å². The van der Waals surface area contributed by atoms with Crippen LogP contribution in [0.15, 0.2) is 60.0 Å². The van der Waals surface area contributed by atoms with Gasteiger partial charge in [0.05, 0.1) is 31.0 Å². The number of hydrogen-bond donors (Lipinski definition) is 1. The first-order valence-electron chi connectivity index (χ1n) is 8.76. The van der Waals surface area contributed by atoms with Crippen LogP contribution >= 0.6 is 0 Å². The number of aromatic nitrogens is 1. The Balaban J connectivity index is 2.13. The van der Waals surface area contributed by atoms with Gasteiger partial charge < -0.3 is 14.7 Å². The number of carbonyl (C=O) groups excluding carboxylic acids is 2. The van der Waals surface area contributed by atoms with E-state index in [4.69, 9.17) is 4.74 Å². The van der Waals surface area contributed by atoms with Gasteiger partial charge >= 0.3 is 0 Å². The molecule has 1 aromatic heterocycles. The van der Waals surface area contributed by atoms with E-state index in [9.17, 15) is 14.7 Å². The average molecular weight is 366 g/mol. The van der Waals surface area contributed by atoms with Gasteiger partial charge in [0.2, 0.25) is 0 Å². The lowest BCUT2D eigenvalue weighted by atomic mass is 9.91. The summed E-state index contributed by atoms with van der Waals surface area (Å²) in [5, 5.41) is 10.5. The lowest BCUT2D eigenvalue weighted by molar-refractivity contribution is -0.130. The second-order valence-electron chi connectivity index (χ2n) is 6.68. The smallest absolute Gasteiger partial charge is 0.290 e. The molecule has 2 aromatic rings. The van der Waals surface area contributed by atoms with E-state index in [0.717, 1.165) is 0 Å². The van der Waals surface area contributed by atoms with Crippen LogP contribution in [-0.2, 0) is 16.1 Å². The van der Waals surface area contributed by atoms with Gasteiger partial charge in [0.15, 0.2) is 11.5 Å². The Hall–Kier alpha value is -3.15. The number of ketones is 1. The zero-order valence-electron chi connectivity index (χ0n) is 15.5. The molecule has 1 amide bonds. The van der Waals surface area contributed by atoms with Crippen LogP contribution in [0.4, 0.5) is 0 Å². The molecule has 1 aromatic carbocycles. The van der Waals surface area contributed by atoms with Gasteiger partial charge in [0, 0.05) is 17.7 Å². The fourth-order valence-electron chi connectivity index (χ4n) is 3.26. The van der Waals surface area contributed by atoms with Crippen molar-refractivity contribution in [3.05, 3.63) is 71.3 Å². The van der Waals surface area contributed by atoms with Crippen molar-refractivity contribution in [2.75, 3.05) is 7.11 Å². The molecule has 0 fully saturated rings. The Morgan fingerprint density at radius 2 is 1.93 bits per heavy atom. The van der Waals surface area contributed by atoms with Gasteiger partial charge in [0.1, 0.15) is 5.75 Å². The van der Waals surface area contributed by atoms with Crippen molar-refractivity contribution in [2.45, 2.75) is 26.4 Å². The lowest BCUT2D eigenvalue weighted by Crippen LogP contribution is -2.31. The number of amides is 1. The molecule has 0 aliphatic carbocycles. The van der Waals surface area contributed by atoms with Gasteiger partial charge in [-0.2, -0.15) is 0 Å². The van der Waals surface area contributed by atoms with Crippen LogP contribution < -0.4 is 4.74 Å². The highest BCUT2D eigenvalue weighted by Gasteiger charge is 2.45. The number of aliphatic hydroxyl groups excluding tert-OH is 1. The third-order valence-electron chi connectivity index (χ3n) is 4.59. The van der Waals surface area contributed by atoms with Gasteiger partial charge in [-0.25, -0.2) is 0 Å². The van der Waals surface area contributed by atoms with E-state index in [1.807, 2.05) is 18.2 Å². The molecule has 6 heteroatoms. The number of rotatable bonds is 6. The van der Waals surface area contributed by atoms with Crippen LogP contribution in [0.3, 0.4) is 0 Å². The second kappa shape index (κ2) is 7.61. The summed E-state index contributed by atoms with van der Waals surface area (Å²) in [5.41, 5.74) is 1.42. The molecule has 1 atom stereocenters. The number of hydrogen-bond acceptors (Lipinski definition) is 5. The fraction of sp³-hybridized carbons (Fsp3) is 0.286. The third kappa shape index (κ3) is 3.43. The maximum absolute atomic E-state index is 12.8. The number of aliphatic hydroxyl groups is 1. The van der Waals surface area contributed by atoms with E-state index < -0.39 is 17.7 Å². The van der Waals surface area contributed by atoms with E-state index in [1.165, 1.54) is 12.0 Å². The highest BCUT2D eigenvalue weighted by atomic mass is 16.5. The van der Waals surface area contributed by atoms with E-state index in [-0.39, 0.29) is 23.8 Å². The second-order valence-corrected chi connectivity index (χ2v) is 6.68. The molecule has 27 heavy (non-hydrogen) atoms. The average Bonchev–Trinajstić information content (AvgIpc) is 2.92. The van der Waals surface area contributed by atoms with E-state index in [1.54, 1.807) is 44.3 Å². The Kier molecular flexibility index (Phi) is 5.26. The molecule has 0 bridgehead atoms. The number of benzene rings is 1. The zero-order chi connectivity index (χ0) is 19.6. The summed E-state index contributed by atoms with van der Waals surface area (Å²) >= 11 is 0. The molecular weight excluding hydrogens is 344 g/mol.